The molecule has 94 valence electrons. The van der Waals surface area contributed by atoms with Gasteiger partial charge in [0.15, 0.2) is 0 Å². The maximum absolute atomic E-state index is 13.2. The minimum absolute atomic E-state index is 0.217. The number of hydrogen-bond acceptors (Lipinski definition) is 3. The van der Waals surface area contributed by atoms with Gasteiger partial charge in [0.25, 0.3) is 0 Å². The summed E-state index contributed by atoms with van der Waals surface area (Å²) in [6.07, 6.45) is -0.336. The number of thiophene rings is 1. The van der Waals surface area contributed by atoms with Crippen molar-refractivity contribution in [2.24, 2.45) is 0 Å². The van der Waals surface area contributed by atoms with Gasteiger partial charge in [-0.2, -0.15) is 0 Å². The van der Waals surface area contributed by atoms with Crippen LogP contribution < -0.4 is 4.74 Å². The lowest BCUT2D eigenvalue weighted by molar-refractivity contribution is 0.0670. The van der Waals surface area contributed by atoms with Crippen LogP contribution in [0.25, 0.3) is 0 Å². The summed E-state index contributed by atoms with van der Waals surface area (Å²) in [6.45, 7) is 0. The summed E-state index contributed by atoms with van der Waals surface area (Å²) in [5, 5.41) is 12.0. The summed E-state index contributed by atoms with van der Waals surface area (Å²) in [7, 11) is 0. The molecule has 5 heteroatoms. The van der Waals surface area contributed by atoms with Crippen LogP contribution in [-0.4, -0.2) is 5.11 Å². The fourth-order valence-electron chi connectivity index (χ4n) is 2.09. The molecular weight excluding hydrogens is 319 g/mol. The minimum atomic E-state index is -0.611. The molecule has 1 aromatic heterocycles. The molecule has 2 nitrogen and oxygen atoms in total. The van der Waals surface area contributed by atoms with Gasteiger partial charge in [-0.05, 0) is 34.1 Å². The maximum atomic E-state index is 13.2. The molecule has 18 heavy (non-hydrogen) atoms. The van der Waals surface area contributed by atoms with Gasteiger partial charge in [-0.1, -0.05) is 0 Å². The molecule has 0 saturated carbocycles. The number of aliphatic hydroxyl groups excluding tert-OH is 1. The lowest BCUT2D eigenvalue weighted by Gasteiger charge is -2.29. The summed E-state index contributed by atoms with van der Waals surface area (Å²) < 4.78 is 20.0. The summed E-state index contributed by atoms with van der Waals surface area (Å²) in [5.74, 6) is 0.0808. The number of hydrogen-bond donors (Lipinski definition) is 1. The Morgan fingerprint density at radius 2 is 2.22 bits per heavy atom. The zero-order valence-electron chi connectivity index (χ0n) is 9.27. The highest BCUT2D eigenvalue weighted by atomic mass is 79.9. The zero-order chi connectivity index (χ0) is 12.7. The normalized spacial score (nSPS) is 22.4. The Hall–Kier alpha value is -0.910. The van der Waals surface area contributed by atoms with Crippen LogP contribution >= 0.6 is 27.3 Å². The van der Waals surface area contributed by atoms with Gasteiger partial charge >= 0.3 is 0 Å². The SMILES string of the molecule is OC1CC(c2cc(Br)cs2)Oc2cc(F)ccc21. The van der Waals surface area contributed by atoms with Gasteiger partial charge in [0.05, 0.1) is 6.10 Å². The quantitative estimate of drug-likeness (QED) is 0.849. The predicted octanol–water partition coefficient (Wildman–Crippen LogP) is 4.21. The summed E-state index contributed by atoms with van der Waals surface area (Å²) in [6, 6.07) is 6.21. The molecule has 0 radical (unpaired) electrons. The third-order valence-electron chi connectivity index (χ3n) is 2.95. The Balaban J connectivity index is 1.95. The van der Waals surface area contributed by atoms with Crippen LogP contribution in [0.2, 0.25) is 0 Å². The number of benzene rings is 1. The van der Waals surface area contributed by atoms with Crippen molar-refractivity contribution >= 4 is 27.3 Å². The molecule has 0 saturated heterocycles. The Morgan fingerprint density at radius 3 is 2.94 bits per heavy atom. The van der Waals surface area contributed by atoms with E-state index in [1.165, 1.54) is 12.1 Å². The third-order valence-corrected chi connectivity index (χ3v) is 4.73. The van der Waals surface area contributed by atoms with E-state index in [1.54, 1.807) is 17.4 Å². The van der Waals surface area contributed by atoms with E-state index in [0.717, 1.165) is 9.35 Å². The Morgan fingerprint density at radius 1 is 1.39 bits per heavy atom. The molecule has 1 N–H and O–H groups in total. The Bertz CT molecular complexity index is 584. The monoisotopic (exact) mass is 328 g/mol. The fourth-order valence-corrected chi connectivity index (χ4v) is 3.57. The van der Waals surface area contributed by atoms with Crippen LogP contribution in [0, 0.1) is 5.82 Å². The number of aliphatic hydroxyl groups is 1. The van der Waals surface area contributed by atoms with E-state index in [2.05, 4.69) is 15.9 Å². The largest absolute Gasteiger partial charge is 0.484 e. The van der Waals surface area contributed by atoms with Crippen molar-refractivity contribution < 1.29 is 14.2 Å². The average Bonchev–Trinajstić information content (AvgIpc) is 2.75. The van der Waals surface area contributed by atoms with Crippen LogP contribution in [-0.2, 0) is 0 Å². The standard InChI is InChI=1S/C13H10BrFO2S/c14-7-3-13(18-6-7)12-5-10(16)9-2-1-8(15)4-11(9)17-12/h1-4,6,10,12,16H,5H2. The molecule has 2 aromatic rings. The number of ether oxygens (including phenoxy) is 1. The summed E-state index contributed by atoms with van der Waals surface area (Å²) >= 11 is 4.95. The van der Waals surface area contributed by atoms with Crippen molar-refractivity contribution in [3.8, 4) is 5.75 Å². The first-order valence-corrected chi connectivity index (χ1v) is 7.19. The van der Waals surface area contributed by atoms with E-state index in [-0.39, 0.29) is 11.9 Å². The number of halogens is 2. The fraction of sp³-hybridized carbons (Fsp3) is 0.231. The molecule has 2 unspecified atom stereocenters. The predicted molar refractivity (Wildman–Crippen MR) is 71.4 cm³/mol. The molecule has 3 rings (SSSR count). The van der Waals surface area contributed by atoms with E-state index in [4.69, 9.17) is 4.74 Å². The van der Waals surface area contributed by atoms with Crippen LogP contribution in [0.1, 0.15) is 29.1 Å². The van der Waals surface area contributed by atoms with Crippen LogP contribution in [0.15, 0.2) is 34.1 Å². The van der Waals surface area contributed by atoms with Crippen molar-refractivity contribution in [2.45, 2.75) is 18.6 Å². The highest BCUT2D eigenvalue weighted by molar-refractivity contribution is 9.10. The van der Waals surface area contributed by atoms with Gasteiger partial charge in [0, 0.05) is 32.8 Å². The van der Waals surface area contributed by atoms with Gasteiger partial charge in [-0.25, -0.2) is 4.39 Å². The van der Waals surface area contributed by atoms with Crippen LogP contribution in [0.4, 0.5) is 4.39 Å². The minimum Gasteiger partial charge on any atom is -0.484 e. The molecule has 2 atom stereocenters. The van der Waals surface area contributed by atoms with Crippen LogP contribution in [0.3, 0.4) is 0 Å². The molecule has 1 aromatic carbocycles. The zero-order valence-corrected chi connectivity index (χ0v) is 11.7. The summed E-state index contributed by atoms with van der Waals surface area (Å²) in [4.78, 5) is 1.02. The van der Waals surface area contributed by atoms with Gasteiger partial charge in [0.2, 0.25) is 0 Å². The Labute approximate surface area is 116 Å². The first-order chi connectivity index (χ1) is 8.63. The maximum Gasteiger partial charge on any atom is 0.136 e. The topological polar surface area (TPSA) is 29.5 Å². The smallest absolute Gasteiger partial charge is 0.136 e. The number of rotatable bonds is 1. The van der Waals surface area contributed by atoms with Crippen molar-refractivity contribution in [1.29, 1.82) is 0 Å². The average molecular weight is 329 g/mol. The molecular formula is C13H10BrFO2S. The summed E-state index contributed by atoms with van der Waals surface area (Å²) in [5.41, 5.74) is 0.656. The van der Waals surface area contributed by atoms with E-state index in [9.17, 15) is 9.50 Å². The third kappa shape index (κ3) is 2.18. The number of fused-ring (bicyclic) bond motifs is 1. The van der Waals surface area contributed by atoms with Crippen molar-refractivity contribution in [2.75, 3.05) is 0 Å². The molecule has 1 aliphatic rings. The lowest BCUT2D eigenvalue weighted by atomic mass is 9.98. The molecule has 1 aliphatic heterocycles. The molecule has 0 bridgehead atoms. The van der Waals surface area contributed by atoms with Crippen LogP contribution in [0.5, 0.6) is 5.75 Å². The molecule has 2 heterocycles. The highest BCUT2D eigenvalue weighted by Crippen LogP contribution is 2.42. The van der Waals surface area contributed by atoms with Gasteiger partial charge in [-0.15, -0.1) is 11.3 Å². The first-order valence-electron chi connectivity index (χ1n) is 5.51. The van der Waals surface area contributed by atoms with E-state index in [1.807, 2.05) is 11.4 Å². The second-order valence-electron chi connectivity index (χ2n) is 4.21. The Kier molecular flexibility index (Phi) is 3.13. The molecule has 0 amide bonds. The van der Waals surface area contributed by atoms with E-state index in [0.29, 0.717) is 17.7 Å². The van der Waals surface area contributed by atoms with Crippen molar-refractivity contribution in [1.82, 2.24) is 0 Å². The highest BCUT2D eigenvalue weighted by Gasteiger charge is 2.29. The van der Waals surface area contributed by atoms with Crippen molar-refractivity contribution in [3.63, 3.8) is 0 Å². The molecule has 0 fully saturated rings. The van der Waals surface area contributed by atoms with Gasteiger partial charge < -0.3 is 9.84 Å². The first kappa shape index (κ1) is 12.1. The molecule has 0 aliphatic carbocycles. The second kappa shape index (κ2) is 4.64. The van der Waals surface area contributed by atoms with Gasteiger partial charge in [0.1, 0.15) is 17.7 Å². The van der Waals surface area contributed by atoms with Gasteiger partial charge in [-0.3, -0.25) is 0 Å². The second-order valence-corrected chi connectivity index (χ2v) is 6.07. The van der Waals surface area contributed by atoms with E-state index < -0.39 is 6.10 Å². The van der Waals surface area contributed by atoms with E-state index >= 15 is 0 Å². The lowest BCUT2D eigenvalue weighted by Crippen LogP contribution is -2.18. The molecule has 0 spiro atoms. The van der Waals surface area contributed by atoms with Crippen molar-refractivity contribution in [3.05, 3.63) is 50.4 Å².